The van der Waals surface area contributed by atoms with Gasteiger partial charge in [-0.1, -0.05) is 24.5 Å². The highest BCUT2D eigenvalue weighted by Crippen LogP contribution is 2.40. The molecule has 3 heteroatoms. The van der Waals surface area contributed by atoms with Crippen LogP contribution < -0.4 is 11.3 Å². The molecule has 2 aliphatic heterocycles. The van der Waals surface area contributed by atoms with E-state index < -0.39 is 0 Å². The van der Waals surface area contributed by atoms with Gasteiger partial charge in [-0.15, -0.1) is 0 Å². The van der Waals surface area contributed by atoms with Crippen LogP contribution in [-0.4, -0.2) is 30.1 Å². The maximum Gasteiger partial charge on any atom is 0.0449 e. The molecule has 3 rings (SSSR count). The van der Waals surface area contributed by atoms with Crippen LogP contribution in [0.3, 0.4) is 0 Å². The summed E-state index contributed by atoms with van der Waals surface area (Å²) in [4.78, 5) is 2.62. The topological polar surface area (TPSA) is 41.3 Å². The molecule has 2 fully saturated rings. The van der Waals surface area contributed by atoms with Gasteiger partial charge < -0.3 is 4.90 Å². The second-order valence-electron chi connectivity index (χ2n) is 7.16. The fraction of sp³-hybridized carbons (Fsp3) is 0.882. The van der Waals surface area contributed by atoms with Crippen LogP contribution in [0.5, 0.6) is 0 Å². The molecule has 0 saturated carbocycles. The number of allylic oxidation sites excluding steroid dienone is 1. The Morgan fingerprint density at radius 3 is 2.55 bits per heavy atom. The van der Waals surface area contributed by atoms with Crippen LogP contribution in [0.25, 0.3) is 0 Å². The van der Waals surface area contributed by atoms with E-state index in [4.69, 9.17) is 5.84 Å². The fourth-order valence-corrected chi connectivity index (χ4v) is 4.77. The first-order chi connectivity index (χ1) is 9.79. The lowest BCUT2D eigenvalue weighted by molar-refractivity contribution is 0.118. The highest BCUT2D eigenvalue weighted by molar-refractivity contribution is 5.15. The normalized spacial score (nSPS) is 37.1. The van der Waals surface area contributed by atoms with E-state index in [2.05, 4.69) is 23.4 Å². The third kappa shape index (κ3) is 2.95. The average molecular weight is 277 g/mol. The number of hydrogen-bond acceptors (Lipinski definition) is 3. The molecule has 0 aromatic rings. The van der Waals surface area contributed by atoms with Gasteiger partial charge >= 0.3 is 0 Å². The molecule has 3 N–H and O–H groups in total. The zero-order valence-corrected chi connectivity index (χ0v) is 13.0. The SMILES string of the molecule is CN1C2CCC1CC(C(NN)C1=CCCCCCC1)C2. The maximum absolute atomic E-state index is 5.97. The highest BCUT2D eigenvalue weighted by Gasteiger charge is 2.41. The quantitative estimate of drug-likeness (QED) is 0.473. The Bertz CT molecular complexity index is 338. The maximum atomic E-state index is 5.97. The summed E-state index contributed by atoms with van der Waals surface area (Å²) in [5.74, 6) is 6.72. The second kappa shape index (κ2) is 6.59. The smallest absolute Gasteiger partial charge is 0.0449 e. The van der Waals surface area contributed by atoms with E-state index in [1.165, 1.54) is 64.2 Å². The predicted molar refractivity (Wildman–Crippen MR) is 84.2 cm³/mol. The number of hydrazine groups is 1. The van der Waals surface area contributed by atoms with E-state index in [1.54, 1.807) is 5.57 Å². The van der Waals surface area contributed by atoms with Crippen molar-refractivity contribution < 1.29 is 0 Å². The van der Waals surface area contributed by atoms with Gasteiger partial charge in [-0.3, -0.25) is 11.3 Å². The van der Waals surface area contributed by atoms with Gasteiger partial charge in [-0.05, 0) is 64.3 Å². The molecule has 3 aliphatic rings. The van der Waals surface area contributed by atoms with Crippen molar-refractivity contribution in [1.82, 2.24) is 10.3 Å². The molecule has 3 unspecified atom stereocenters. The third-order valence-corrected chi connectivity index (χ3v) is 6.01. The molecule has 20 heavy (non-hydrogen) atoms. The van der Waals surface area contributed by atoms with Gasteiger partial charge in [-0.2, -0.15) is 0 Å². The minimum atomic E-state index is 0.435. The molecule has 2 bridgehead atoms. The Balaban J connectivity index is 1.69. The van der Waals surface area contributed by atoms with E-state index in [9.17, 15) is 0 Å². The minimum absolute atomic E-state index is 0.435. The van der Waals surface area contributed by atoms with Crippen molar-refractivity contribution in [3.8, 4) is 0 Å². The molecule has 3 nitrogen and oxygen atoms in total. The van der Waals surface area contributed by atoms with E-state index in [1.807, 2.05) is 0 Å². The molecular weight excluding hydrogens is 246 g/mol. The lowest BCUT2D eigenvalue weighted by Crippen LogP contribution is -2.49. The van der Waals surface area contributed by atoms with E-state index in [0.717, 1.165) is 18.0 Å². The summed E-state index contributed by atoms with van der Waals surface area (Å²) < 4.78 is 0. The monoisotopic (exact) mass is 277 g/mol. The molecule has 0 spiro atoms. The van der Waals surface area contributed by atoms with Gasteiger partial charge in [0.05, 0.1) is 0 Å². The van der Waals surface area contributed by atoms with Crippen molar-refractivity contribution >= 4 is 0 Å². The van der Waals surface area contributed by atoms with E-state index in [0.29, 0.717) is 6.04 Å². The van der Waals surface area contributed by atoms with Crippen LogP contribution in [-0.2, 0) is 0 Å². The van der Waals surface area contributed by atoms with Crippen molar-refractivity contribution in [2.45, 2.75) is 82.3 Å². The fourth-order valence-electron chi connectivity index (χ4n) is 4.77. The summed E-state index contributed by atoms with van der Waals surface area (Å²) in [6.45, 7) is 0. The van der Waals surface area contributed by atoms with E-state index in [-0.39, 0.29) is 0 Å². The van der Waals surface area contributed by atoms with Crippen LogP contribution in [0.2, 0.25) is 0 Å². The first kappa shape index (κ1) is 14.6. The Labute approximate surface area is 123 Å². The predicted octanol–water partition coefficient (Wildman–Crippen LogP) is 2.97. The number of hydrogen-bond donors (Lipinski definition) is 2. The minimum Gasteiger partial charge on any atom is -0.300 e. The van der Waals surface area contributed by atoms with Crippen LogP contribution in [0.1, 0.15) is 64.2 Å². The molecule has 0 amide bonds. The van der Waals surface area contributed by atoms with Crippen molar-refractivity contribution in [3.05, 3.63) is 11.6 Å². The number of rotatable bonds is 3. The Kier molecular flexibility index (Phi) is 4.79. The van der Waals surface area contributed by atoms with Gasteiger partial charge in [-0.25, -0.2) is 0 Å². The summed E-state index contributed by atoms with van der Waals surface area (Å²) in [7, 11) is 2.32. The number of nitrogens with two attached hydrogens (primary N) is 1. The number of nitrogens with one attached hydrogen (secondary N) is 1. The summed E-state index contributed by atoms with van der Waals surface area (Å²) in [6, 6.07) is 2.05. The molecule has 1 aliphatic carbocycles. The molecule has 114 valence electrons. The van der Waals surface area contributed by atoms with Crippen LogP contribution in [0.15, 0.2) is 11.6 Å². The average Bonchev–Trinajstić information content (AvgIpc) is 2.63. The summed E-state index contributed by atoms with van der Waals surface area (Å²) in [5.41, 5.74) is 4.80. The first-order valence-electron chi connectivity index (χ1n) is 8.66. The molecule has 0 aromatic heterocycles. The summed E-state index contributed by atoms with van der Waals surface area (Å²) in [6.07, 6.45) is 16.0. The number of nitrogens with zero attached hydrogens (tertiary/aromatic N) is 1. The number of piperidine rings is 1. The highest BCUT2D eigenvalue weighted by atomic mass is 15.2. The van der Waals surface area contributed by atoms with Gasteiger partial charge in [0.15, 0.2) is 0 Å². The Morgan fingerprint density at radius 2 is 1.85 bits per heavy atom. The van der Waals surface area contributed by atoms with Gasteiger partial charge in [0.2, 0.25) is 0 Å². The molecule has 2 heterocycles. The third-order valence-electron chi connectivity index (χ3n) is 6.01. The lowest BCUT2D eigenvalue weighted by Gasteiger charge is -2.40. The standard InChI is InChI=1S/C17H31N3/c1-20-15-9-10-16(20)12-14(11-15)17(19-18)13-7-5-3-2-4-6-8-13/h7,14-17,19H,2-6,8-12,18H2,1H3. The van der Waals surface area contributed by atoms with Crippen molar-refractivity contribution in [2.75, 3.05) is 7.05 Å². The van der Waals surface area contributed by atoms with Crippen molar-refractivity contribution in [2.24, 2.45) is 11.8 Å². The van der Waals surface area contributed by atoms with Crippen LogP contribution >= 0.6 is 0 Å². The summed E-state index contributed by atoms with van der Waals surface area (Å²) >= 11 is 0. The van der Waals surface area contributed by atoms with Crippen molar-refractivity contribution in [3.63, 3.8) is 0 Å². The summed E-state index contributed by atoms with van der Waals surface area (Å²) in [5, 5.41) is 0. The lowest BCUT2D eigenvalue weighted by atomic mass is 9.80. The molecular formula is C17H31N3. The van der Waals surface area contributed by atoms with E-state index >= 15 is 0 Å². The second-order valence-corrected chi connectivity index (χ2v) is 7.16. The largest absolute Gasteiger partial charge is 0.300 e. The first-order valence-corrected chi connectivity index (χ1v) is 8.66. The zero-order valence-electron chi connectivity index (χ0n) is 13.0. The van der Waals surface area contributed by atoms with Gasteiger partial charge in [0, 0.05) is 18.1 Å². The Morgan fingerprint density at radius 1 is 1.15 bits per heavy atom. The van der Waals surface area contributed by atoms with Crippen LogP contribution in [0, 0.1) is 5.92 Å². The van der Waals surface area contributed by atoms with Crippen LogP contribution in [0.4, 0.5) is 0 Å². The van der Waals surface area contributed by atoms with Gasteiger partial charge in [0.25, 0.3) is 0 Å². The molecule has 3 atom stereocenters. The Hall–Kier alpha value is -0.380. The zero-order chi connectivity index (χ0) is 13.9. The van der Waals surface area contributed by atoms with Gasteiger partial charge in [0.1, 0.15) is 0 Å². The molecule has 0 aromatic carbocycles. The molecule has 2 saturated heterocycles. The number of fused-ring (bicyclic) bond motifs is 2. The molecule has 0 radical (unpaired) electrons. The van der Waals surface area contributed by atoms with Crippen molar-refractivity contribution in [1.29, 1.82) is 0 Å².